The Hall–Kier alpha value is -3.62. The molecule has 0 saturated carbocycles. The molecule has 4 aromatic rings. The fourth-order valence-electron chi connectivity index (χ4n) is 4.94. The lowest BCUT2D eigenvalue weighted by Gasteiger charge is -2.38. The Morgan fingerprint density at radius 3 is 2.43 bits per heavy atom. The highest BCUT2D eigenvalue weighted by molar-refractivity contribution is 7.18. The number of fused-ring (bicyclic) bond motifs is 1. The van der Waals surface area contributed by atoms with E-state index in [1.807, 2.05) is 66.7 Å². The number of carboxylic acid groups (broad SMARTS) is 1. The first-order valence-electron chi connectivity index (χ1n) is 12.4. The highest BCUT2D eigenvalue weighted by Crippen LogP contribution is 2.45. The summed E-state index contributed by atoms with van der Waals surface area (Å²) in [7, 11) is 3.20. The number of para-hydroxylation sites is 1. The van der Waals surface area contributed by atoms with Crippen molar-refractivity contribution in [3.63, 3.8) is 0 Å². The number of hydrogen-bond donors (Lipinski definition) is 1. The van der Waals surface area contributed by atoms with Crippen LogP contribution < -0.4 is 14.2 Å². The van der Waals surface area contributed by atoms with E-state index in [0.717, 1.165) is 39.2 Å². The molecule has 0 bridgehead atoms. The van der Waals surface area contributed by atoms with Gasteiger partial charge in [0.1, 0.15) is 17.7 Å². The molecule has 2 unspecified atom stereocenters. The van der Waals surface area contributed by atoms with Crippen LogP contribution in [0, 0.1) is 0 Å². The molecule has 192 valence electrons. The standard InChI is InChI=1S/C29H30N2O5S/c1-34-23-16-20(17-24(35-2)27(23)36-18-19-10-4-3-5-11-19)26(31-15-9-8-13-22(31)29(32)33)28-30-21-12-6-7-14-25(21)37-28/h3-7,10-12,14,16-17,22,26H,8-9,13,15,18H2,1-2H3,(H,32,33). The number of piperidine rings is 1. The summed E-state index contributed by atoms with van der Waals surface area (Å²) in [4.78, 5) is 19.3. The zero-order valence-electron chi connectivity index (χ0n) is 20.9. The molecule has 8 heteroatoms. The molecule has 2 heterocycles. The van der Waals surface area contributed by atoms with Crippen molar-refractivity contribution in [3.8, 4) is 17.2 Å². The maximum absolute atomic E-state index is 12.3. The summed E-state index contributed by atoms with van der Waals surface area (Å²) in [5, 5.41) is 10.9. The number of ether oxygens (including phenoxy) is 3. The van der Waals surface area contributed by atoms with Crippen molar-refractivity contribution in [2.45, 2.75) is 38.0 Å². The summed E-state index contributed by atoms with van der Waals surface area (Å²) in [6, 6.07) is 20.8. The molecule has 2 atom stereocenters. The number of aliphatic carboxylic acids is 1. The van der Waals surface area contributed by atoms with Crippen molar-refractivity contribution in [3.05, 3.63) is 82.9 Å². The van der Waals surface area contributed by atoms with E-state index in [0.29, 0.717) is 36.8 Å². The van der Waals surface area contributed by atoms with Gasteiger partial charge in [0.05, 0.1) is 30.5 Å². The third kappa shape index (κ3) is 5.26. The summed E-state index contributed by atoms with van der Waals surface area (Å²) >= 11 is 1.59. The van der Waals surface area contributed by atoms with Gasteiger partial charge in [0.15, 0.2) is 11.5 Å². The molecule has 1 aliphatic rings. The van der Waals surface area contributed by atoms with Gasteiger partial charge in [-0.2, -0.15) is 0 Å². The molecule has 0 amide bonds. The van der Waals surface area contributed by atoms with E-state index in [1.165, 1.54) is 0 Å². The molecular weight excluding hydrogens is 488 g/mol. The topological polar surface area (TPSA) is 81.1 Å². The Balaban J connectivity index is 1.60. The predicted octanol–water partition coefficient (Wildman–Crippen LogP) is 5.92. The zero-order chi connectivity index (χ0) is 25.8. The van der Waals surface area contributed by atoms with Crippen LogP contribution in [0.1, 0.15) is 41.4 Å². The number of carboxylic acids is 1. The number of nitrogens with zero attached hydrogens (tertiary/aromatic N) is 2. The van der Waals surface area contributed by atoms with Gasteiger partial charge in [-0.05, 0) is 48.2 Å². The lowest BCUT2D eigenvalue weighted by Crippen LogP contribution is -2.46. The van der Waals surface area contributed by atoms with Crippen LogP contribution >= 0.6 is 11.3 Å². The Kier molecular flexibility index (Phi) is 7.58. The number of hydrogen-bond acceptors (Lipinski definition) is 7. The van der Waals surface area contributed by atoms with E-state index in [4.69, 9.17) is 19.2 Å². The van der Waals surface area contributed by atoms with Crippen LogP contribution in [-0.2, 0) is 11.4 Å². The van der Waals surface area contributed by atoms with E-state index in [-0.39, 0.29) is 6.04 Å². The van der Waals surface area contributed by atoms with Gasteiger partial charge in [0.25, 0.3) is 0 Å². The van der Waals surface area contributed by atoms with Crippen LogP contribution in [0.15, 0.2) is 66.7 Å². The molecule has 37 heavy (non-hydrogen) atoms. The molecule has 0 radical (unpaired) electrons. The van der Waals surface area contributed by atoms with Crippen LogP contribution in [0.5, 0.6) is 17.2 Å². The molecule has 0 aliphatic carbocycles. The lowest BCUT2D eigenvalue weighted by atomic mass is 9.96. The largest absolute Gasteiger partial charge is 0.493 e. The first kappa shape index (κ1) is 25.0. The van der Waals surface area contributed by atoms with Gasteiger partial charge < -0.3 is 19.3 Å². The Morgan fingerprint density at radius 2 is 1.76 bits per heavy atom. The molecule has 1 saturated heterocycles. The van der Waals surface area contributed by atoms with E-state index >= 15 is 0 Å². The summed E-state index contributed by atoms with van der Waals surface area (Å²) in [6.07, 6.45) is 2.42. The highest BCUT2D eigenvalue weighted by Gasteiger charge is 2.37. The van der Waals surface area contributed by atoms with E-state index in [9.17, 15) is 9.90 Å². The van der Waals surface area contributed by atoms with Gasteiger partial charge >= 0.3 is 5.97 Å². The van der Waals surface area contributed by atoms with Crippen molar-refractivity contribution < 1.29 is 24.1 Å². The van der Waals surface area contributed by atoms with Crippen molar-refractivity contribution in [2.75, 3.05) is 20.8 Å². The zero-order valence-corrected chi connectivity index (χ0v) is 21.7. The fourth-order valence-corrected chi connectivity index (χ4v) is 6.06. The molecular formula is C29H30N2O5S. The average molecular weight is 519 g/mol. The first-order chi connectivity index (χ1) is 18.1. The maximum atomic E-state index is 12.3. The monoisotopic (exact) mass is 518 g/mol. The highest BCUT2D eigenvalue weighted by atomic mass is 32.1. The van der Waals surface area contributed by atoms with E-state index in [2.05, 4.69) is 4.90 Å². The SMILES string of the molecule is COc1cc(C(c2nc3ccccc3s2)N2CCCCC2C(=O)O)cc(OC)c1OCc1ccccc1. The summed E-state index contributed by atoms with van der Waals surface area (Å²) in [6.45, 7) is 1.02. The van der Waals surface area contributed by atoms with Crippen molar-refractivity contribution in [2.24, 2.45) is 0 Å². The normalized spacial score (nSPS) is 16.9. The smallest absolute Gasteiger partial charge is 0.320 e. The van der Waals surface area contributed by atoms with Crippen LogP contribution in [-0.4, -0.2) is 47.8 Å². The Morgan fingerprint density at radius 1 is 1.05 bits per heavy atom. The second-order valence-electron chi connectivity index (χ2n) is 9.04. The third-order valence-electron chi connectivity index (χ3n) is 6.73. The predicted molar refractivity (Wildman–Crippen MR) is 144 cm³/mol. The van der Waals surface area contributed by atoms with Crippen molar-refractivity contribution in [1.29, 1.82) is 0 Å². The van der Waals surface area contributed by atoms with Crippen molar-refractivity contribution >= 4 is 27.5 Å². The summed E-state index contributed by atoms with van der Waals surface area (Å²) < 4.78 is 18.8. The van der Waals surface area contributed by atoms with Crippen molar-refractivity contribution in [1.82, 2.24) is 9.88 Å². The van der Waals surface area contributed by atoms with Gasteiger partial charge in [-0.15, -0.1) is 11.3 Å². The molecule has 1 fully saturated rings. The molecule has 0 spiro atoms. The maximum Gasteiger partial charge on any atom is 0.320 e. The second kappa shape index (κ2) is 11.2. The van der Waals surface area contributed by atoms with Gasteiger partial charge in [0.2, 0.25) is 5.75 Å². The quantitative estimate of drug-likeness (QED) is 0.294. The number of carbonyl (C=O) groups is 1. The third-order valence-corrected chi connectivity index (χ3v) is 7.82. The van der Waals surface area contributed by atoms with Gasteiger partial charge in [0, 0.05) is 6.54 Å². The molecule has 3 aromatic carbocycles. The second-order valence-corrected chi connectivity index (χ2v) is 10.1. The summed E-state index contributed by atoms with van der Waals surface area (Å²) in [5.74, 6) is 0.752. The van der Waals surface area contributed by atoms with E-state index in [1.54, 1.807) is 25.6 Å². The number of aromatic nitrogens is 1. The molecule has 5 rings (SSSR count). The minimum atomic E-state index is -0.812. The van der Waals surface area contributed by atoms with Crippen LogP contribution in [0.4, 0.5) is 0 Å². The Bertz CT molecular complexity index is 1320. The van der Waals surface area contributed by atoms with Gasteiger partial charge in [-0.3, -0.25) is 9.69 Å². The van der Waals surface area contributed by atoms with Crippen LogP contribution in [0.2, 0.25) is 0 Å². The molecule has 1 aromatic heterocycles. The minimum Gasteiger partial charge on any atom is -0.493 e. The van der Waals surface area contributed by atoms with Gasteiger partial charge in [-0.1, -0.05) is 48.9 Å². The van der Waals surface area contributed by atoms with Crippen LogP contribution in [0.25, 0.3) is 10.2 Å². The Labute approximate surface area is 220 Å². The summed E-state index contributed by atoms with van der Waals surface area (Å²) in [5.41, 5.74) is 2.78. The number of benzene rings is 3. The van der Waals surface area contributed by atoms with Crippen LogP contribution in [0.3, 0.4) is 0 Å². The molecule has 1 aliphatic heterocycles. The lowest BCUT2D eigenvalue weighted by molar-refractivity contribution is -0.145. The number of rotatable bonds is 9. The van der Waals surface area contributed by atoms with Gasteiger partial charge in [-0.25, -0.2) is 4.98 Å². The molecule has 7 nitrogen and oxygen atoms in total. The molecule has 1 N–H and O–H groups in total. The number of thiazole rings is 1. The number of methoxy groups -OCH3 is 2. The minimum absolute atomic E-state index is 0.363. The fraction of sp³-hybridized carbons (Fsp3) is 0.310. The average Bonchev–Trinajstić information content (AvgIpc) is 3.36. The van der Waals surface area contributed by atoms with E-state index < -0.39 is 12.0 Å². The number of likely N-dealkylation sites (tertiary alicyclic amines) is 1. The first-order valence-corrected chi connectivity index (χ1v) is 13.2.